The number of aryl methyl sites for hydroxylation is 5. The minimum atomic E-state index is -3.82. The van der Waals surface area contributed by atoms with Gasteiger partial charge in [-0.15, -0.1) is 0 Å². The van der Waals surface area contributed by atoms with Crippen molar-refractivity contribution in [2.24, 2.45) is 0 Å². The molecule has 1 fully saturated rings. The van der Waals surface area contributed by atoms with Gasteiger partial charge in [0.25, 0.3) is 0 Å². The number of amides is 1. The van der Waals surface area contributed by atoms with Gasteiger partial charge in [0, 0.05) is 11.7 Å². The first-order valence-corrected chi connectivity index (χ1v) is 13.1. The van der Waals surface area contributed by atoms with Gasteiger partial charge < -0.3 is 5.32 Å². The minimum Gasteiger partial charge on any atom is -0.324 e. The highest BCUT2D eigenvalue weighted by Crippen LogP contribution is 2.31. The second-order valence-electron chi connectivity index (χ2n) is 9.08. The monoisotopic (exact) mass is 456 g/mol. The van der Waals surface area contributed by atoms with E-state index in [2.05, 4.69) is 5.32 Å². The van der Waals surface area contributed by atoms with Crippen LogP contribution in [0.25, 0.3) is 0 Å². The molecule has 0 radical (unpaired) electrons. The molecule has 6 heteroatoms. The number of carbonyl (C=O) groups is 1. The summed E-state index contributed by atoms with van der Waals surface area (Å²) in [6.45, 7) is 9.49. The van der Waals surface area contributed by atoms with E-state index in [-0.39, 0.29) is 18.5 Å². The van der Waals surface area contributed by atoms with Crippen molar-refractivity contribution < 1.29 is 13.2 Å². The zero-order valence-corrected chi connectivity index (χ0v) is 20.8. The van der Waals surface area contributed by atoms with Crippen molar-refractivity contribution in [1.82, 2.24) is 4.31 Å². The quantitative estimate of drug-likeness (QED) is 0.603. The fourth-order valence-corrected chi connectivity index (χ4v) is 7.05. The highest BCUT2D eigenvalue weighted by molar-refractivity contribution is 7.89. The van der Waals surface area contributed by atoms with Crippen LogP contribution in [-0.4, -0.2) is 31.2 Å². The van der Waals surface area contributed by atoms with Crippen LogP contribution in [0.1, 0.15) is 66.8 Å². The first-order chi connectivity index (χ1) is 15.1. The van der Waals surface area contributed by atoms with Crippen molar-refractivity contribution in [3.63, 3.8) is 0 Å². The fourth-order valence-electron chi connectivity index (χ4n) is 4.99. The number of hydrogen-bond acceptors (Lipinski definition) is 3. The lowest BCUT2D eigenvalue weighted by molar-refractivity contribution is -0.116. The first-order valence-electron chi connectivity index (χ1n) is 11.6. The third kappa shape index (κ3) is 5.24. The molecule has 0 spiro atoms. The van der Waals surface area contributed by atoms with Gasteiger partial charge in [0.15, 0.2) is 0 Å². The number of nitrogens with zero attached hydrogens (tertiary/aromatic N) is 1. The van der Waals surface area contributed by atoms with Gasteiger partial charge in [-0.05, 0) is 69.2 Å². The van der Waals surface area contributed by atoms with E-state index < -0.39 is 10.0 Å². The Morgan fingerprint density at radius 3 is 2.22 bits per heavy atom. The van der Waals surface area contributed by atoms with Gasteiger partial charge in [-0.1, -0.05) is 62.1 Å². The second-order valence-corrected chi connectivity index (χ2v) is 10.9. The average molecular weight is 457 g/mol. The number of nitrogens with one attached hydrogen (secondary N) is 1. The number of sulfonamides is 1. The SMILES string of the molecule is CCc1cccc(C)c1NC(=O)CN(C1CCCCC1)S(=O)(=O)c1c(C)cc(C)cc1C. The predicted molar refractivity (Wildman–Crippen MR) is 131 cm³/mol. The summed E-state index contributed by atoms with van der Waals surface area (Å²) in [6.07, 6.45) is 5.47. The van der Waals surface area contributed by atoms with E-state index in [0.29, 0.717) is 4.90 Å². The molecule has 0 aliphatic heterocycles. The zero-order valence-electron chi connectivity index (χ0n) is 20.0. The van der Waals surface area contributed by atoms with Crippen LogP contribution in [0, 0.1) is 27.7 Å². The summed E-state index contributed by atoms with van der Waals surface area (Å²) in [5.41, 5.74) is 5.33. The van der Waals surface area contributed by atoms with E-state index in [9.17, 15) is 13.2 Å². The smallest absolute Gasteiger partial charge is 0.244 e. The minimum absolute atomic E-state index is 0.151. The van der Waals surface area contributed by atoms with E-state index in [0.717, 1.165) is 72.0 Å². The van der Waals surface area contributed by atoms with E-state index >= 15 is 0 Å². The van der Waals surface area contributed by atoms with Gasteiger partial charge in [-0.2, -0.15) is 4.31 Å². The summed E-state index contributed by atoms with van der Waals surface area (Å²) in [7, 11) is -3.82. The van der Waals surface area contributed by atoms with Gasteiger partial charge in [0.1, 0.15) is 0 Å². The summed E-state index contributed by atoms with van der Waals surface area (Å²) < 4.78 is 29.3. The van der Waals surface area contributed by atoms with Gasteiger partial charge in [0.2, 0.25) is 15.9 Å². The fraction of sp³-hybridized carbons (Fsp3) is 0.500. The predicted octanol–water partition coefficient (Wildman–Crippen LogP) is 5.44. The number of carbonyl (C=O) groups excluding carboxylic acids is 1. The van der Waals surface area contributed by atoms with Crippen LogP contribution in [0.4, 0.5) is 5.69 Å². The molecule has 174 valence electrons. The Bertz CT molecular complexity index is 1060. The molecule has 0 unspecified atom stereocenters. The van der Waals surface area contributed by atoms with Gasteiger partial charge in [-0.25, -0.2) is 8.42 Å². The Labute approximate surface area is 193 Å². The normalized spacial score (nSPS) is 15.2. The highest BCUT2D eigenvalue weighted by Gasteiger charge is 2.35. The summed E-state index contributed by atoms with van der Waals surface area (Å²) >= 11 is 0. The van der Waals surface area contributed by atoms with Crippen LogP contribution in [0.2, 0.25) is 0 Å². The van der Waals surface area contributed by atoms with Gasteiger partial charge in [-0.3, -0.25) is 4.79 Å². The van der Waals surface area contributed by atoms with E-state index in [1.54, 1.807) is 0 Å². The van der Waals surface area contributed by atoms with E-state index in [4.69, 9.17) is 0 Å². The molecule has 0 bridgehead atoms. The molecule has 1 saturated carbocycles. The Morgan fingerprint density at radius 2 is 1.62 bits per heavy atom. The number of benzene rings is 2. The number of para-hydroxylation sites is 1. The molecule has 0 atom stereocenters. The maximum atomic E-state index is 13.9. The Hall–Kier alpha value is -2.18. The molecule has 0 aromatic heterocycles. The zero-order chi connectivity index (χ0) is 23.5. The van der Waals surface area contributed by atoms with Crippen molar-refractivity contribution in [2.75, 3.05) is 11.9 Å². The molecular weight excluding hydrogens is 420 g/mol. The van der Waals surface area contributed by atoms with Crippen molar-refractivity contribution >= 4 is 21.6 Å². The number of rotatable bonds is 7. The molecule has 2 aromatic carbocycles. The number of anilines is 1. The third-order valence-corrected chi connectivity index (χ3v) is 8.66. The molecule has 2 aromatic rings. The maximum absolute atomic E-state index is 13.9. The van der Waals surface area contributed by atoms with E-state index in [1.807, 2.05) is 65.0 Å². The lowest BCUT2D eigenvalue weighted by atomic mass is 9.95. The standard InChI is InChI=1S/C26H36N2O3S/c1-6-22-12-10-11-19(3)25(22)27-24(29)17-28(23-13-8-7-9-14-23)32(30,31)26-20(4)15-18(2)16-21(26)5/h10-12,15-16,23H,6-9,13-14,17H2,1-5H3,(H,27,29). The maximum Gasteiger partial charge on any atom is 0.244 e. The summed E-state index contributed by atoms with van der Waals surface area (Å²) in [4.78, 5) is 13.5. The molecular formula is C26H36N2O3S. The van der Waals surface area contributed by atoms with Crippen molar-refractivity contribution in [3.05, 3.63) is 58.1 Å². The van der Waals surface area contributed by atoms with Crippen LogP contribution in [0.5, 0.6) is 0 Å². The van der Waals surface area contributed by atoms with Crippen molar-refractivity contribution in [1.29, 1.82) is 0 Å². The summed E-state index contributed by atoms with van der Waals surface area (Å²) in [5.74, 6) is -0.287. The molecule has 1 aliphatic rings. The Morgan fingerprint density at radius 1 is 1.00 bits per heavy atom. The second kappa shape index (κ2) is 10.2. The Kier molecular flexibility index (Phi) is 7.78. The van der Waals surface area contributed by atoms with Crippen molar-refractivity contribution in [2.45, 2.75) is 84.1 Å². The Balaban J connectivity index is 1.96. The summed E-state index contributed by atoms with van der Waals surface area (Å²) in [5, 5.41) is 3.02. The van der Waals surface area contributed by atoms with E-state index in [1.165, 1.54) is 4.31 Å². The number of hydrogen-bond donors (Lipinski definition) is 1. The third-order valence-electron chi connectivity index (χ3n) is 6.46. The summed E-state index contributed by atoms with van der Waals surface area (Å²) in [6, 6.07) is 9.59. The molecule has 1 amide bonds. The molecule has 3 rings (SSSR count). The van der Waals surface area contributed by atoms with Crippen LogP contribution < -0.4 is 5.32 Å². The van der Waals surface area contributed by atoms with Gasteiger partial charge >= 0.3 is 0 Å². The molecule has 32 heavy (non-hydrogen) atoms. The highest BCUT2D eigenvalue weighted by atomic mass is 32.2. The molecule has 1 aliphatic carbocycles. The molecule has 5 nitrogen and oxygen atoms in total. The lowest BCUT2D eigenvalue weighted by Crippen LogP contribution is -2.46. The molecule has 1 N–H and O–H groups in total. The molecule has 0 saturated heterocycles. The molecule has 0 heterocycles. The van der Waals surface area contributed by atoms with Crippen molar-refractivity contribution in [3.8, 4) is 0 Å². The largest absolute Gasteiger partial charge is 0.324 e. The van der Waals surface area contributed by atoms with Crippen LogP contribution in [0.3, 0.4) is 0 Å². The topological polar surface area (TPSA) is 66.5 Å². The lowest BCUT2D eigenvalue weighted by Gasteiger charge is -2.34. The van der Waals surface area contributed by atoms with Crippen LogP contribution in [0.15, 0.2) is 35.2 Å². The first kappa shape index (κ1) is 24.5. The van der Waals surface area contributed by atoms with Crippen LogP contribution in [-0.2, 0) is 21.2 Å². The average Bonchev–Trinajstić information content (AvgIpc) is 2.73. The van der Waals surface area contributed by atoms with Crippen LogP contribution >= 0.6 is 0 Å². The van der Waals surface area contributed by atoms with Gasteiger partial charge in [0.05, 0.1) is 11.4 Å².